The van der Waals surface area contributed by atoms with Crippen molar-refractivity contribution in [3.8, 4) is 6.07 Å². The second kappa shape index (κ2) is 7.14. The Morgan fingerprint density at radius 3 is 2.53 bits per heavy atom. The number of nitriles is 1. The molecule has 3 rings (SSSR count). The third kappa shape index (κ3) is 3.61. The van der Waals surface area contributed by atoms with E-state index in [4.69, 9.17) is 11.0 Å². The zero-order valence-corrected chi connectivity index (χ0v) is 17.3. The number of aromatic nitrogens is 2. The normalized spacial score (nSPS) is 21.9. The minimum atomic E-state index is -3.74. The van der Waals surface area contributed by atoms with Crippen LogP contribution in [0.15, 0.2) is 35.6 Å². The fourth-order valence-corrected chi connectivity index (χ4v) is 4.65. The summed E-state index contributed by atoms with van der Waals surface area (Å²) in [4.78, 5) is 24.2. The molecule has 1 aliphatic rings. The summed E-state index contributed by atoms with van der Waals surface area (Å²) in [5, 5.41) is 11.3. The van der Waals surface area contributed by atoms with E-state index in [-0.39, 0.29) is 22.8 Å². The molecule has 0 unspecified atom stereocenters. The first-order valence-electron chi connectivity index (χ1n) is 8.81. The average molecular weight is 430 g/mol. The van der Waals surface area contributed by atoms with Gasteiger partial charge in [0.2, 0.25) is 5.95 Å². The van der Waals surface area contributed by atoms with Crippen molar-refractivity contribution >= 4 is 27.3 Å². The molecule has 9 nitrogen and oxygen atoms in total. The van der Waals surface area contributed by atoms with Crippen LogP contribution in [0.5, 0.6) is 0 Å². The summed E-state index contributed by atoms with van der Waals surface area (Å²) < 4.78 is 38.6. The first-order valence-corrected chi connectivity index (χ1v) is 10.5. The van der Waals surface area contributed by atoms with Crippen molar-refractivity contribution in [2.75, 3.05) is 11.1 Å². The Hall–Kier alpha value is -3.39. The van der Waals surface area contributed by atoms with E-state index >= 15 is 0 Å². The van der Waals surface area contributed by atoms with E-state index in [0.29, 0.717) is 5.56 Å². The second-order valence-electron chi connectivity index (χ2n) is 7.60. The first kappa shape index (κ1) is 21.3. The topological polar surface area (TPSA) is 151 Å². The third-order valence-electron chi connectivity index (χ3n) is 5.04. The Bertz CT molecular complexity index is 1200. The molecule has 30 heavy (non-hydrogen) atoms. The van der Waals surface area contributed by atoms with Gasteiger partial charge in [-0.25, -0.2) is 18.4 Å². The van der Waals surface area contributed by atoms with Crippen LogP contribution < -0.4 is 11.1 Å². The van der Waals surface area contributed by atoms with Crippen molar-refractivity contribution in [3.05, 3.63) is 53.4 Å². The molecule has 0 radical (unpaired) electrons. The van der Waals surface area contributed by atoms with E-state index in [0.717, 1.165) is 6.20 Å². The highest BCUT2D eigenvalue weighted by Crippen LogP contribution is 2.38. The Morgan fingerprint density at radius 1 is 1.27 bits per heavy atom. The molecular formula is C19H19FN6O3S. The molecule has 3 N–H and O–H groups in total. The van der Waals surface area contributed by atoms with E-state index in [1.165, 1.54) is 45.2 Å². The van der Waals surface area contributed by atoms with Crippen LogP contribution in [0, 0.1) is 17.3 Å². The highest BCUT2D eigenvalue weighted by atomic mass is 32.2. The molecule has 3 heterocycles. The second-order valence-corrected chi connectivity index (χ2v) is 10.1. The molecule has 0 aromatic carbocycles. The van der Waals surface area contributed by atoms with Crippen LogP contribution >= 0.6 is 0 Å². The van der Waals surface area contributed by atoms with Gasteiger partial charge < -0.3 is 11.1 Å². The van der Waals surface area contributed by atoms with Gasteiger partial charge in [-0.05, 0) is 39.0 Å². The number of halogens is 1. The highest BCUT2D eigenvalue weighted by molar-refractivity contribution is 7.93. The van der Waals surface area contributed by atoms with Gasteiger partial charge >= 0.3 is 0 Å². The fourth-order valence-electron chi connectivity index (χ4n) is 2.96. The minimum Gasteiger partial charge on any atom is -0.386 e. The largest absolute Gasteiger partial charge is 0.386 e. The summed E-state index contributed by atoms with van der Waals surface area (Å²) in [5.74, 6) is -2.13. The number of sulfone groups is 1. The van der Waals surface area contributed by atoms with Crippen molar-refractivity contribution < 1.29 is 17.6 Å². The molecule has 156 valence electrons. The number of amidine groups is 1. The van der Waals surface area contributed by atoms with Crippen LogP contribution in [0.1, 0.15) is 42.4 Å². The van der Waals surface area contributed by atoms with Crippen LogP contribution in [0.4, 0.5) is 10.1 Å². The van der Waals surface area contributed by atoms with E-state index in [1.807, 2.05) is 6.07 Å². The molecule has 1 amide bonds. The number of nitrogens with two attached hydrogens (primary N) is 1. The summed E-state index contributed by atoms with van der Waals surface area (Å²) in [6, 6.07) is 5.97. The Balaban J connectivity index is 1.97. The highest BCUT2D eigenvalue weighted by Gasteiger charge is 2.49. The lowest BCUT2D eigenvalue weighted by atomic mass is 9.94. The Labute approximate surface area is 172 Å². The number of pyridine rings is 2. The predicted molar refractivity (Wildman–Crippen MR) is 108 cm³/mol. The van der Waals surface area contributed by atoms with Crippen LogP contribution in [-0.4, -0.2) is 40.6 Å². The maximum Gasteiger partial charge on any atom is 0.274 e. The van der Waals surface area contributed by atoms with Crippen molar-refractivity contribution in [3.63, 3.8) is 0 Å². The van der Waals surface area contributed by atoms with Gasteiger partial charge in [0.25, 0.3) is 5.91 Å². The smallest absolute Gasteiger partial charge is 0.274 e. The van der Waals surface area contributed by atoms with E-state index in [9.17, 15) is 17.6 Å². The molecule has 0 fully saturated rings. The van der Waals surface area contributed by atoms with E-state index in [1.54, 1.807) is 0 Å². The van der Waals surface area contributed by atoms with Gasteiger partial charge in [-0.15, -0.1) is 0 Å². The molecular weight excluding hydrogens is 411 g/mol. The molecule has 0 bridgehead atoms. The average Bonchev–Trinajstić information content (AvgIpc) is 2.67. The summed E-state index contributed by atoms with van der Waals surface area (Å²) in [6.07, 6.45) is 2.34. The number of carbonyl (C=O) groups excluding carboxylic acids is 1. The monoisotopic (exact) mass is 430 g/mol. The summed E-state index contributed by atoms with van der Waals surface area (Å²) in [6.45, 7) is 4.33. The molecule has 0 aliphatic carbocycles. The minimum absolute atomic E-state index is 0.0374. The van der Waals surface area contributed by atoms with Gasteiger partial charge in [-0.3, -0.25) is 9.79 Å². The third-order valence-corrected chi connectivity index (χ3v) is 7.74. The van der Waals surface area contributed by atoms with Gasteiger partial charge in [0.15, 0.2) is 9.84 Å². The molecule has 0 spiro atoms. The van der Waals surface area contributed by atoms with Crippen LogP contribution in [0.3, 0.4) is 0 Å². The van der Waals surface area contributed by atoms with Crippen LogP contribution in [0.25, 0.3) is 0 Å². The fraction of sp³-hybridized carbons (Fsp3) is 0.316. The number of aliphatic imine (C=N–C) groups is 1. The summed E-state index contributed by atoms with van der Waals surface area (Å²) in [7, 11) is -3.74. The number of nitrogens with zero attached hydrogens (tertiary/aromatic N) is 4. The predicted octanol–water partition coefficient (Wildman–Crippen LogP) is 1.52. The zero-order valence-electron chi connectivity index (χ0n) is 16.5. The summed E-state index contributed by atoms with van der Waals surface area (Å²) in [5.41, 5.74) is 4.73. The van der Waals surface area contributed by atoms with Gasteiger partial charge in [0.05, 0.1) is 23.2 Å². The number of anilines is 1. The number of nitrogens with one attached hydrogen (secondary N) is 1. The zero-order chi connectivity index (χ0) is 22.3. The maximum atomic E-state index is 14.5. The van der Waals surface area contributed by atoms with Crippen molar-refractivity contribution in [2.45, 2.75) is 31.1 Å². The van der Waals surface area contributed by atoms with Crippen molar-refractivity contribution in [2.24, 2.45) is 10.7 Å². The number of hydrogen-bond donors (Lipinski definition) is 2. The first-order chi connectivity index (χ1) is 13.9. The molecule has 0 saturated heterocycles. The maximum absolute atomic E-state index is 14.5. The molecule has 2 aromatic rings. The lowest BCUT2D eigenvalue weighted by molar-refractivity contribution is 0.102. The van der Waals surface area contributed by atoms with E-state index < -0.39 is 37.7 Å². The summed E-state index contributed by atoms with van der Waals surface area (Å²) >= 11 is 0. The molecule has 11 heteroatoms. The standard InChI is InChI=1S/C19H19FN6O3S/c1-18(2)17(22)26-19(3,10-30(18,28)29)13-6-12(9-24-15(13)20)25-16(27)14-5-4-11(7-21)8-23-14/h4-6,8-9H,10H2,1-3H3,(H2,22,26)(H,25,27)/t19-/m0/s1. The Kier molecular flexibility index (Phi) is 5.07. The van der Waals surface area contributed by atoms with Crippen molar-refractivity contribution in [1.29, 1.82) is 5.26 Å². The number of amides is 1. The van der Waals surface area contributed by atoms with Gasteiger partial charge in [0, 0.05) is 11.8 Å². The van der Waals surface area contributed by atoms with Crippen LogP contribution in [-0.2, 0) is 15.4 Å². The number of hydrogen-bond acceptors (Lipinski definition) is 8. The van der Waals surface area contributed by atoms with Gasteiger partial charge in [-0.2, -0.15) is 9.65 Å². The van der Waals surface area contributed by atoms with Crippen LogP contribution in [0.2, 0.25) is 0 Å². The van der Waals surface area contributed by atoms with E-state index in [2.05, 4.69) is 20.3 Å². The lowest BCUT2D eigenvalue weighted by Gasteiger charge is -2.37. The molecule has 1 aliphatic heterocycles. The van der Waals surface area contributed by atoms with Crippen molar-refractivity contribution in [1.82, 2.24) is 9.97 Å². The molecule has 1 atom stereocenters. The number of carbonyl (C=O) groups is 1. The van der Waals surface area contributed by atoms with Gasteiger partial charge in [-0.1, -0.05) is 0 Å². The number of rotatable bonds is 3. The Morgan fingerprint density at radius 2 is 1.97 bits per heavy atom. The quantitative estimate of drug-likeness (QED) is 0.700. The SMILES string of the molecule is CC1(C)C(N)=N[C@](C)(c2cc(NC(=O)c3ccc(C#N)cn3)cnc2F)CS1(=O)=O. The molecule has 0 saturated carbocycles. The van der Waals surface area contributed by atoms with Gasteiger partial charge in [0.1, 0.15) is 27.9 Å². The lowest BCUT2D eigenvalue weighted by Crippen LogP contribution is -2.55. The molecule has 2 aromatic heterocycles.